The summed E-state index contributed by atoms with van der Waals surface area (Å²) in [7, 11) is 1.23. The highest BCUT2D eigenvalue weighted by Gasteiger charge is 2.39. The van der Waals surface area contributed by atoms with Crippen LogP contribution in [0.2, 0.25) is 0 Å². The molecular weight excluding hydrogens is 664 g/mol. The standard InChI is InChI=1S/C38H42N8O6/c1-23(2)33(43-38(51)52-3)36(50)46-18-8-12-30(46)35(49)44-37-39-21-27(22-40-37)25-13-15-28-26(20-25)14-16-31(41-28)42-34(48)29-11-7-17-45(29)32(47)19-24-9-5-4-6-10-24/h4-6,9-10,13-16,20-23,29-30,33H,7-8,11-12,17-19H2,1-3H3,(H,43,51)(H,41,42,48)(H,39,40,44,49). The molecule has 52 heavy (non-hydrogen) atoms. The first-order chi connectivity index (χ1) is 25.1. The van der Waals surface area contributed by atoms with Crippen molar-refractivity contribution in [3.63, 3.8) is 0 Å². The highest BCUT2D eigenvalue weighted by Crippen LogP contribution is 2.26. The van der Waals surface area contributed by atoms with E-state index in [2.05, 4.69) is 35.6 Å². The lowest BCUT2D eigenvalue weighted by molar-refractivity contribution is -0.139. The molecule has 0 aliphatic carbocycles. The van der Waals surface area contributed by atoms with Crippen molar-refractivity contribution in [1.29, 1.82) is 0 Å². The summed E-state index contributed by atoms with van der Waals surface area (Å²) >= 11 is 0. The van der Waals surface area contributed by atoms with Crippen LogP contribution in [-0.2, 0) is 30.3 Å². The molecule has 0 bridgehead atoms. The lowest BCUT2D eigenvalue weighted by Gasteiger charge is -2.30. The fourth-order valence-electron chi connectivity index (χ4n) is 6.71. The predicted molar refractivity (Wildman–Crippen MR) is 194 cm³/mol. The number of amides is 5. The number of ether oxygens (including phenoxy) is 1. The Morgan fingerprint density at radius 3 is 2.19 bits per heavy atom. The van der Waals surface area contributed by atoms with Crippen molar-refractivity contribution in [2.24, 2.45) is 5.92 Å². The molecule has 0 spiro atoms. The number of carbonyl (C=O) groups is 5. The van der Waals surface area contributed by atoms with Gasteiger partial charge < -0.3 is 25.2 Å². The van der Waals surface area contributed by atoms with Gasteiger partial charge in [0, 0.05) is 36.4 Å². The summed E-state index contributed by atoms with van der Waals surface area (Å²) in [6, 6.07) is 16.7. The number of hydrogen-bond donors (Lipinski definition) is 3. The van der Waals surface area contributed by atoms with Gasteiger partial charge in [-0.3, -0.25) is 24.5 Å². The molecule has 5 amide bonds. The summed E-state index contributed by atoms with van der Waals surface area (Å²) in [5.41, 5.74) is 3.13. The van der Waals surface area contributed by atoms with Crippen molar-refractivity contribution in [1.82, 2.24) is 30.1 Å². The van der Waals surface area contributed by atoms with E-state index < -0.39 is 30.1 Å². The number of methoxy groups -OCH3 is 1. The summed E-state index contributed by atoms with van der Waals surface area (Å²) in [4.78, 5) is 81.1. The van der Waals surface area contributed by atoms with Crippen LogP contribution in [-0.4, -0.2) is 92.8 Å². The van der Waals surface area contributed by atoms with E-state index in [0.29, 0.717) is 49.2 Å². The molecule has 2 fully saturated rings. The van der Waals surface area contributed by atoms with Crippen LogP contribution in [0.3, 0.4) is 0 Å². The number of anilines is 2. The summed E-state index contributed by atoms with van der Waals surface area (Å²) in [6.45, 7) is 4.56. The summed E-state index contributed by atoms with van der Waals surface area (Å²) in [6.07, 6.45) is 5.23. The number of nitrogens with one attached hydrogen (secondary N) is 3. The Morgan fingerprint density at radius 2 is 1.50 bits per heavy atom. The van der Waals surface area contributed by atoms with E-state index in [4.69, 9.17) is 0 Å². The van der Waals surface area contributed by atoms with Gasteiger partial charge in [-0.1, -0.05) is 50.2 Å². The molecule has 14 nitrogen and oxygen atoms in total. The van der Waals surface area contributed by atoms with Gasteiger partial charge in [0.25, 0.3) is 0 Å². The molecule has 3 unspecified atom stereocenters. The number of carbonyl (C=O) groups excluding carboxylic acids is 5. The molecule has 2 aliphatic heterocycles. The number of rotatable bonds is 10. The van der Waals surface area contributed by atoms with E-state index in [-0.39, 0.29) is 36.0 Å². The number of alkyl carbamates (subject to hydrolysis) is 1. The van der Waals surface area contributed by atoms with Gasteiger partial charge in [-0.2, -0.15) is 0 Å². The zero-order chi connectivity index (χ0) is 36.8. The van der Waals surface area contributed by atoms with Crippen LogP contribution < -0.4 is 16.0 Å². The Kier molecular flexibility index (Phi) is 11.0. The molecule has 270 valence electrons. The summed E-state index contributed by atoms with van der Waals surface area (Å²) < 4.78 is 4.67. The third-order valence-electron chi connectivity index (χ3n) is 9.46. The van der Waals surface area contributed by atoms with Crippen molar-refractivity contribution in [3.8, 4) is 11.1 Å². The number of benzene rings is 2. The number of aromatic nitrogens is 3. The Balaban J connectivity index is 1.07. The molecule has 2 saturated heterocycles. The zero-order valence-corrected chi connectivity index (χ0v) is 29.4. The van der Waals surface area contributed by atoms with Gasteiger partial charge in [0.1, 0.15) is 23.9 Å². The summed E-state index contributed by atoms with van der Waals surface area (Å²) in [5.74, 6) is -0.781. The summed E-state index contributed by atoms with van der Waals surface area (Å²) in [5, 5.41) is 9.03. The van der Waals surface area contributed by atoms with Crippen LogP contribution in [0.25, 0.3) is 22.0 Å². The smallest absolute Gasteiger partial charge is 0.407 e. The number of likely N-dealkylation sites (tertiary alicyclic amines) is 2. The van der Waals surface area contributed by atoms with E-state index in [1.807, 2.05) is 68.4 Å². The quantitative estimate of drug-likeness (QED) is 0.219. The maximum Gasteiger partial charge on any atom is 0.407 e. The third-order valence-corrected chi connectivity index (χ3v) is 9.46. The van der Waals surface area contributed by atoms with Crippen LogP contribution in [0.5, 0.6) is 0 Å². The minimum absolute atomic E-state index is 0.0687. The van der Waals surface area contributed by atoms with Crippen molar-refractivity contribution in [2.75, 3.05) is 30.8 Å². The minimum Gasteiger partial charge on any atom is -0.453 e. The highest BCUT2D eigenvalue weighted by molar-refractivity contribution is 5.99. The first-order valence-corrected chi connectivity index (χ1v) is 17.4. The van der Waals surface area contributed by atoms with Gasteiger partial charge in [-0.25, -0.2) is 19.7 Å². The largest absolute Gasteiger partial charge is 0.453 e. The number of nitrogens with zero attached hydrogens (tertiary/aromatic N) is 5. The Hall–Kier alpha value is -5.92. The molecule has 0 saturated carbocycles. The lowest BCUT2D eigenvalue weighted by Crippen LogP contribution is -2.54. The molecular formula is C38H42N8O6. The number of hydrogen-bond acceptors (Lipinski definition) is 9. The van der Waals surface area contributed by atoms with Crippen LogP contribution in [0.15, 0.2) is 73.1 Å². The van der Waals surface area contributed by atoms with Gasteiger partial charge >= 0.3 is 6.09 Å². The monoisotopic (exact) mass is 706 g/mol. The van der Waals surface area contributed by atoms with Crippen LogP contribution in [0.4, 0.5) is 16.6 Å². The number of pyridine rings is 1. The molecule has 4 aromatic rings. The topological polar surface area (TPSA) is 176 Å². The normalized spacial score (nSPS) is 17.5. The second-order valence-corrected chi connectivity index (χ2v) is 13.3. The van der Waals surface area contributed by atoms with E-state index in [1.54, 1.807) is 23.4 Å². The van der Waals surface area contributed by atoms with Gasteiger partial charge in [0.15, 0.2) is 0 Å². The van der Waals surface area contributed by atoms with E-state index in [1.165, 1.54) is 12.0 Å². The Morgan fingerprint density at radius 1 is 0.827 bits per heavy atom. The van der Waals surface area contributed by atoms with E-state index >= 15 is 0 Å². The van der Waals surface area contributed by atoms with E-state index in [9.17, 15) is 24.0 Å². The minimum atomic E-state index is -0.830. The first kappa shape index (κ1) is 35.9. The molecule has 2 aromatic carbocycles. The van der Waals surface area contributed by atoms with E-state index in [0.717, 1.165) is 22.9 Å². The average molecular weight is 707 g/mol. The van der Waals surface area contributed by atoms with Crippen LogP contribution in [0.1, 0.15) is 45.1 Å². The van der Waals surface area contributed by atoms with Crippen molar-refractivity contribution >= 4 is 52.4 Å². The predicted octanol–water partition coefficient (Wildman–Crippen LogP) is 4.17. The van der Waals surface area contributed by atoms with Gasteiger partial charge in [0.2, 0.25) is 29.6 Å². The number of fused-ring (bicyclic) bond motifs is 1. The first-order valence-electron chi connectivity index (χ1n) is 17.4. The Bertz CT molecular complexity index is 1950. The van der Waals surface area contributed by atoms with Crippen molar-refractivity contribution in [2.45, 2.75) is 64.1 Å². The van der Waals surface area contributed by atoms with Crippen LogP contribution >= 0.6 is 0 Å². The molecule has 3 atom stereocenters. The SMILES string of the molecule is COC(=O)NC(C(=O)N1CCCC1C(=O)Nc1ncc(-c2ccc3nc(NC(=O)C4CCCN4C(=O)Cc4ccccc4)ccc3c2)cn1)C(C)C. The molecule has 0 radical (unpaired) electrons. The second kappa shape index (κ2) is 16.0. The fraction of sp³-hybridized carbons (Fsp3) is 0.368. The van der Waals surface area contributed by atoms with Crippen molar-refractivity contribution < 1.29 is 28.7 Å². The Labute approximate surface area is 301 Å². The molecule has 6 rings (SSSR count). The molecule has 14 heteroatoms. The maximum absolute atomic E-state index is 13.3. The van der Waals surface area contributed by atoms with Gasteiger partial charge in [0.05, 0.1) is 19.0 Å². The molecule has 2 aromatic heterocycles. The fourth-order valence-corrected chi connectivity index (χ4v) is 6.71. The van der Waals surface area contributed by atoms with Crippen molar-refractivity contribution in [3.05, 3.63) is 78.6 Å². The lowest BCUT2D eigenvalue weighted by atomic mass is 10.0. The van der Waals surface area contributed by atoms with Crippen LogP contribution in [0, 0.1) is 5.92 Å². The average Bonchev–Trinajstić information content (AvgIpc) is 3.85. The molecule has 4 heterocycles. The second-order valence-electron chi connectivity index (χ2n) is 13.3. The van der Waals surface area contributed by atoms with Gasteiger partial charge in [-0.15, -0.1) is 0 Å². The molecule has 2 aliphatic rings. The third kappa shape index (κ3) is 8.17. The van der Waals surface area contributed by atoms with Gasteiger partial charge in [-0.05, 0) is 67.0 Å². The highest BCUT2D eigenvalue weighted by atomic mass is 16.5. The zero-order valence-electron chi connectivity index (χ0n) is 29.4. The maximum atomic E-state index is 13.3. The molecule has 3 N–H and O–H groups in total.